The Morgan fingerprint density at radius 1 is 0.900 bits per heavy atom. The largest absolute Gasteiger partial charge is 0.456 e. The maximum absolute atomic E-state index is 12.8. The van der Waals surface area contributed by atoms with Gasteiger partial charge in [-0.25, -0.2) is 14.8 Å². The number of nitrogens with one attached hydrogen (secondary N) is 1. The first-order valence-electron chi connectivity index (χ1n) is 14.3. The van der Waals surface area contributed by atoms with Crippen LogP contribution < -0.4 is 5.32 Å². The Hall–Kier alpha value is -4.00. The first-order chi connectivity index (χ1) is 19.2. The molecule has 0 radical (unpaired) electrons. The van der Waals surface area contributed by atoms with Gasteiger partial charge in [0.25, 0.3) is 0 Å². The number of rotatable bonds is 11. The highest BCUT2D eigenvalue weighted by molar-refractivity contribution is 5.97. The molecule has 1 N–H and O–H groups in total. The minimum absolute atomic E-state index is 0.0207. The van der Waals surface area contributed by atoms with Crippen molar-refractivity contribution >= 4 is 28.9 Å². The van der Waals surface area contributed by atoms with Gasteiger partial charge in [0.05, 0.1) is 11.1 Å². The molecule has 4 rings (SSSR count). The fraction of sp³-hybridized carbons (Fsp3) is 0.394. The number of amides is 1. The third kappa shape index (κ3) is 7.34. The molecule has 4 aromatic rings. The quantitative estimate of drug-likeness (QED) is 0.198. The highest BCUT2D eigenvalue weighted by Crippen LogP contribution is 2.27. The van der Waals surface area contributed by atoms with Crippen LogP contribution in [0.5, 0.6) is 0 Å². The van der Waals surface area contributed by atoms with E-state index in [1.165, 1.54) is 0 Å². The number of carbonyl (C=O) groups excluding carboxylic acids is 2. The second kappa shape index (κ2) is 12.9. The lowest BCUT2D eigenvalue weighted by Gasteiger charge is -2.20. The van der Waals surface area contributed by atoms with E-state index in [0.29, 0.717) is 30.0 Å². The molecule has 7 nitrogen and oxygen atoms in total. The predicted molar refractivity (Wildman–Crippen MR) is 160 cm³/mol. The van der Waals surface area contributed by atoms with E-state index in [1.807, 2.05) is 69.3 Å². The van der Waals surface area contributed by atoms with Crippen LogP contribution in [0, 0.1) is 0 Å². The SMILES string of the molecule is CCCCC(=O)Nc1ccc2c(n1)nc(CCCC)n2Cc1ccc(-c2ccccc2C(=O)OC(C)(C)C)cc1. The number of carbonyl (C=O) groups is 2. The van der Waals surface area contributed by atoms with Crippen molar-refractivity contribution in [2.24, 2.45) is 0 Å². The van der Waals surface area contributed by atoms with Crippen molar-refractivity contribution in [3.05, 3.63) is 77.6 Å². The average molecular weight is 541 g/mol. The Bertz CT molecular complexity index is 1470. The first-order valence-corrected chi connectivity index (χ1v) is 14.3. The predicted octanol–water partition coefficient (Wildman–Crippen LogP) is 7.57. The van der Waals surface area contributed by atoms with Crippen LogP contribution in [0.25, 0.3) is 22.3 Å². The van der Waals surface area contributed by atoms with Gasteiger partial charge < -0.3 is 14.6 Å². The number of benzene rings is 2. The Labute approximate surface area is 237 Å². The molecule has 0 aliphatic heterocycles. The number of anilines is 1. The highest BCUT2D eigenvalue weighted by Gasteiger charge is 2.21. The zero-order valence-electron chi connectivity index (χ0n) is 24.3. The van der Waals surface area contributed by atoms with E-state index in [9.17, 15) is 9.59 Å². The summed E-state index contributed by atoms with van der Waals surface area (Å²) in [6.45, 7) is 10.5. The minimum atomic E-state index is -0.562. The Balaban J connectivity index is 1.59. The summed E-state index contributed by atoms with van der Waals surface area (Å²) in [7, 11) is 0. The van der Waals surface area contributed by atoms with Gasteiger partial charge >= 0.3 is 5.97 Å². The number of fused-ring (bicyclic) bond motifs is 1. The zero-order chi connectivity index (χ0) is 28.7. The van der Waals surface area contributed by atoms with Gasteiger partial charge in [-0.15, -0.1) is 0 Å². The lowest BCUT2D eigenvalue weighted by Crippen LogP contribution is -2.24. The fourth-order valence-corrected chi connectivity index (χ4v) is 4.59. The molecule has 2 heterocycles. The zero-order valence-corrected chi connectivity index (χ0v) is 24.3. The van der Waals surface area contributed by atoms with Gasteiger partial charge in [0.2, 0.25) is 5.91 Å². The molecule has 0 spiro atoms. The normalized spacial score (nSPS) is 11.5. The van der Waals surface area contributed by atoms with E-state index in [2.05, 4.69) is 40.8 Å². The number of hydrogen-bond donors (Lipinski definition) is 1. The van der Waals surface area contributed by atoms with Crippen LogP contribution in [-0.2, 0) is 22.5 Å². The van der Waals surface area contributed by atoms with Crippen molar-refractivity contribution in [1.29, 1.82) is 0 Å². The van der Waals surface area contributed by atoms with Gasteiger partial charge in [-0.1, -0.05) is 69.2 Å². The van der Waals surface area contributed by atoms with Gasteiger partial charge in [-0.2, -0.15) is 0 Å². The lowest BCUT2D eigenvalue weighted by atomic mass is 9.98. The Kier molecular flexibility index (Phi) is 9.35. The van der Waals surface area contributed by atoms with Gasteiger partial charge in [0.1, 0.15) is 17.2 Å². The summed E-state index contributed by atoms with van der Waals surface area (Å²) in [5.41, 5.74) is 4.49. The summed E-state index contributed by atoms with van der Waals surface area (Å²) < 4.78 is 7.85. The van der Waals surface area contributed by atoms with Crippen LogP contribution in [0.2, 0.25) is 0 Å². The molecule has 0 saturated carbocycles. The maximum Gasteiger partial charge on any atom is 0.339 e. The van der Waals surface area contributed by atoms with Crippen LogP contribution in [0.1, 0.15) is 88.5 Å². The van der Waals surface area contributed by atoms with Crippen molar-refractivity contribution in [3.63, 3.8) is 0 Å². The number of aromatic nitrogens is 3. The van der Waals surface area contributed by atoms with Crippen LogP contribution in [0.15, 0.2) is 60.7 Å². The first kappa shape index (κ1) is 29.0. The lowest BCUT2D eigenvalue weighted by molar-refractivity contribution is -0.116. The van der Waals surface area contributed by atoms with Crippen molar-refractivity contribution in [1.82, 2.24) is 14.5 Å². The van der Waals surface area contributed by atoms with Crippen molar-refractivity contribution in [3.8, 4) is 11.1 Å². The summed E-state index contributed by atoms with van der Waals surface area (Å²) in [5, 5.41) is 2.90. The summed E-state index contributed by atoms with van der Waals surface area (Å²) in [4.78, 5) is 34.6. The monoisotopic (exact) mass is 540 g/mol. The van der Waals surface area contributed by atoms with Gasteiger partial charge in [-0.3, -0.25) is 4.79 Å². The molecule has 7 heteroatoms. The molecular formula is C33H40N4O3. The third-order valence-corrected chi connectivity index (χ3v) is 6.62. The van der Waals surface area contributed by atoms with Gasteiger partial charge in [-0.05, 0) is 68.5 Å². The van der Waals surface area contributed by atoms with Crippen molar-refractivity contribution in [2.75, 3.05) is 5.32 Å². The smallest absolute Gasteiger partial charge is 0.339 e. The molecule has 0 aliphatic rings. The van der Waals surface area contributed by atoms with Gasteiger partial charge in [0.15, 0.2) is 5.65 Å². The number of pyridine rings is 1. The standard InChI is InChI=1S/C33H40N4O3/c1-6-8-14-29-36-31-27(20-21-28(35-31)34-30(38)15-9-7-2)37(29)22-23-16-18-24(19-17-23)25-12-10-11-13-26(25)32(39)40-33(3,4)5/h10-13,16-21H,6-9,14-15,22H2,1-5H3,(H,34,35,38). The molecule has 1 amide bonds. The molecule has 0 aliphatic carbocycles. The molecular weight excluding hydrogens is 500 g/mol. The number of aryl methyl sites for hydroxylation is 1. The van der Waals surface area contributed by atoms with Crippen LogP contribution in [0.3, 0.4) is 0 Å². The number of unbranched alkanes of at least 4 members (excludes halogenated alkanes) is 2. The number of ether oxygens (including phenoxy) is 1. The van der Waals surface area contributed by atoms with E-state index in [4.69, 9.17) is 9.72 Å². The number of esters is 1. The third-order valence-electron chi connectivity index (χ3n) is 6.62. The Morgan fingerprint density at radius 3 is 2.33 bits per heavy atom. The number of imidazole rings is 1. The molecule has 0 saturated heterocycles. The summed E-state index contributed by atoms with van der Waals surface area (Å²) >= 11 is 0. The molecule has 2 aromatic carbocycles. The van der Waals surface area contributed by atoms with E-state index in [0.717, 1.165) is 60.1 Å². The average Bonchev–Trinajstić information content (AvgIpc) is 3.26. The molecule has 0 unspecified atom stereocenters. The van der Waals surface area contributed by atoms with Crippen LogP contribution in [0.4, 0.5) is 5.82 Å². The van der Waals surface area contributed by atoms with E-state index >= 15 is 0 Å². The van der Waals surface area contributed by atoms with Crippen molar-refractivity contribution < 1.29 is 14.3 Å². The maximum atomic E-state index is 12.8. The molecule has 0 bridgehead atoms. The van der Waals surface area contributed by atoms with E-state index in [1.54, 1.807) is 0 Å². The second-order valence-corrected chi connectivity index (χ2v) is 11.2. The minimum Gasteiger partial charge on any atom is -0.456 e. The van der Waals surface area contributed by atoms with Crippen LogP contribution in [-0.4, -0.2) is 32.0 Å². The molecule has 2 aromatic heterocycles. The number of hydrogen-bond acceptors (Lipinski definition) is 5. The van der Waals surface area contributed by atoms with Crippen molar-refractivity contribution in [2.45, 2.75) is 85.3 Å². The molecule has 40 heavy (non-hydrogen) atoms. The molecule has 0 fully saturated rings. The summed E-state index contributed by atoms with van der Waals surface area (Å²) in [5.74, 6) is 1.17. The summed E-state index contributed by atoms with van der Waals surface area (Å²) in [6.07, 6.45) is 5.28. The van der Waals surface area contributed by atoms with Gasteiger partial charge in [0, 0.05) is 19.4 Å². The molecule has 210 valence electrons. The number of nitrogens with zero attached hydrogens (tertiary/aromatic N) is 3. The summed E-state index contributed by atoms with van der Waals surface area (Å²) in [6, 6.07) is 19.7. The fourth-order valence-electron chi connectivity index (χ4n) is 4.59. The molecule has 0 atom stereocenters. The topological polar surface area (TPSA) is 86.1 Å². The van der Waals surface area contributed by atoms with E-state index < -0.39 is 5.60 Å². The van der Waals surface area contributed by atoms with Crippen LogP contribution >= 0.6 is 0 Å². The van der Waals surface area contributed by atoms with E-state index in [-0.39, 0.29) is 11.9 Å². The Morgan fingerprint density at radius 2 is 1.62 bits per heavy atom. The highest BCUT2D eigenvalue weighted by atomic mass is 16.6. The second-order valence-electron chi connectivity index (χ2n) is 11.2.